The van der Waals surface area contributed by atoms with Gasteiger partial charge < -0.3 is 20.1 Å². The van der Waals surface area contributed by atoms with E-state index in [4.69, 9.17) is 9.47 Å². The SMILES string of the molecule is CN=C(NCCCCSC)NCc1cccc(OCCN2CCOCC2)c1.I. The van der Waals surface area contributed by atoms with Gasteiger partial charge in [-0.2, -0.15) is 11.8 Å². The number of unbranched alkanes of at least 4 members (excludes halogenated alkanes) is 1. The van der Waals surface area contributed by atoms with Crippen LogP contribution < -0.4 is 15.4 Å². The third-order valence-electron chi connectivity index (χ3n) is 4.43. The highest BCUT2D eigenvalue weighted by molar-refractivity contribution is 14.0. The number of ether oxygens (including phenoxy) is 2. The second kappa shape index (κ2) is 16.1. The fourth-order valence-corrected chi connectivity index (χ4v) is 3.34. The van der Waals surface area contributed by atoms with E-state index in [0.29, 0.717) is 6.61 Å². The summed E-state index contributed by atoms with van der Waals surface area (Å²) in [4.78, 5) is 6.67. The zero-order chi connectivity index (χ0) is 19.2. The van der Waals surface area contributed by atoms with Gasteiger partial charge in [-0.25, -0.2) is 0 Å². The molecule has 0 bridgehead atoms. The maximum absolute atomic E-state index is 5.93. The van der Waals surface area contributed by atoms with Gasteiger partial charge in [-0.15, -0.1) is 24.0 Å². The van der Waals surface area contributed by atoms with Crippen molar-refractivity contribution in [1.29, 1.82) is 0 Å². The Morgan fingerprint density at radius 3 is 2.82 bits per heavy atom. The second-order valence-corrected chi connectivity index (χ2v) is 7.49. The molecule has 0 atom stereocenters. The molecule has 8 heteroatoms. The normalized spacial score (nSPS) is 15.0. The molecule has 1 fully saturated rings. The maximum Gasteiger partial charge on any atom is 0.191 e. The first kappa shape index (κ1) is 25.3. The number of thioether (sulfide) groups is 1. The minimum absolute atomic E-state index is 0. The van der Waals surface area contributed by atoms with Crippen molar-refractivity contribution in [3.63, 3.8) is 0 Å². The lowest BCUT2D eigenvalue weighted by molar-refractivity contribution is 0.0322. The smallest absolute Gasteiger partial charge is 0.191 e. The Hall–Kier alpha value is -0.710. The third kappa shape index (κ3) is 10.7. The molecule has 0 unspecified atom stereocenters. The molecule has 0 amide bonds. The summed E-state index contributed by atoms with van der Waals surface area (Å²) >= 11 is 1.89. The molecule has 1 aliphatic rings. The van der Waals surface area contributed by atoms with Crippen molar-refractivity contribution in [3.05, 3.63) is 29.8 Å². The van der Waals surface area contributed by atoms with E-state index in [1.165, 1.54) is 17.7 Å². The van der Waals surface area contributed by atoms with E-state index >= 15 is 0 Å². The Labute approximate surface area is 191 Å². The lowest BCUT2D eigenvalue weighted by atomic mass is 10.2. The van der Waals surface area contributed by atoms with E-state index in [9.17, 15) is 0 Å². The van der Waals surface area contributed by atoms with Crippen molar-refractivity contribution >= 4 is 41.7 Å². The van der Waals surface area contributed by atoms with E-state index < -0.39 is 0 Å². The number of guanidine groups is 1. The van der Waals surface area contributed by atoms with Gasteiger partial charge in [0.25, 0.3) is 0 Å². The predicted octanol–water partition coefficient (Wildman–Crippen LogP) is 2.82. The van der Waals surface area contributed by atoms with Crippen LogP contribution in [0.2, 0.25) is 0 Å². The van der Waals surface area contributed by atoms with Gasteiger partial charge in [0.15, 0.2) is 5.96 Å². The van der Waals surface area contributed by atoms with E-state index in [-0.39, 0.29) is 24.0 Å². The predicted molar refractivity (Wildman–Crippen MR) is 130 cm³/mol. The van der Waals surface area contributed by atoms with Crippen LogP contribution in [0.3, 0.4) is 0 Å². The summed E-state index contributed by atoms with van der Waals surface area (Å²) in [5.74, 6) is 2.98. The van der Waals surface area contributed by atoms with Gasteiger partial charge in [0.05, 0.1) is 13.2 Å². The van der Waals surface area contributed by atoms with Gasteiger partial charge in [-0.3, -0.25) is 9.89 Å². The third-order valence-corrected chi connectivity index (χ3v) is 5.13. The molecular weight excluding hydrogens is 487 g/mol. The van der Waals surface area contributed by atoms with Crippen LogP contribution in [0.5, 0.6) is 5.75 Å². The topological polar surface area (TPSA) is 58.1 Å². The first-order valence-electron chi connectivity index (χ1n) is 9.77. The van der Waals surface area contributed by atoms with Gasteiger partial charge in [-0.1, -0.05) is 12.1 Å². The van der Waals surface area contributed by atoms with Gasteiger partial charge in [0.1, 0.15) is 12.4 Å². The zero-order valence-corrected chi connectivity index (χ0v) is 20.3. The minimum atomic E-state index is 0. The number of nitrogens with one attached hydrogen (secondary N) is 2. The van der Waals surface area contributed by atoms with E-state index in [1.807, 2.05) is 30.9 Å². The molecule has 0 aromatic heterocycles. The van der Waals surface area contributed by atoms with Crippen molar-refractivity contribution < 1.29 is 9.47 Å². The minimum Gasteiger partial charge on any atom is -0.492 e. The molecule has 160 valence electrons. The van der Waals surface area contributed by atoms with Gasteiger partial charge in [0, 0.05) is 39.8 Å². The summed E-state index contributed by atoms with van der Waals surface area (Å²) in [7, 11) is 1.81. The molecule has 1 aromatic rings. The summed E-state index contributed by atoms with van der Waals surface area (Å²) in [6.07, 6.45) is 4.54. The van der Waals surface area contributed by atoms with E-state index in [1.54, 1.807) is 0 Å². The second-order valence-electron chi connectivity index (χ2n) is 6.50. The highest BCUT2D eigenvalue weighted by atomic mass is 127. The van der Waals surface area contributed by atoms with Crippen LogP contribution in [0.15, 0.2) is 29.3 Å². The fourth-order valence-electron chi connectivity index (χ4n) is 2.85. The average Bonchev–Trinajstić information content (AvgIpc) is 2.71. The number of halogens is 1. The molecule has 1 aliphatic heterocycles. The van der Waals surface area contributed by atoms with Crippen LogP contribution >= 0.6 is 35.7 Å². The fraction of sp³-hybridized carbons (Fsp3) is 0.650. The lowest BCUT2D eigenvalue weighted by Crippen LogP contribution is -2.38. The van der Waals surface area contributed by atoms with Crippen LogP contribution in [0.25, 0.3) is 0 Å². The molecule has 0 aliphatic carbocycles. The summed E-state index contributed by atoms with van der Waals surface area (Å²) in [5.41, 5.74) is 1.18. The molecule has 6 nitrogen and oxygen atoms in total. The zero-order valence-electron chi connectivity index (χ0n) is 17.1. The Morgan fingerprint density at radius 1 is 1.25 bits per heavy atom. The Morgan fingerprint density at radius 2 is 2.07 bits per heavy atom. The average molecular weight is 522 g/mol. The molecule has 0 saturated carbocycles. The van der Waals surface area contributed by atoms with Crippen molar-refractivity contribution in [2.24, 2.45) is 4.99 Å². The van der Waals surface area contributed by atoms with Crippen LogP contribution in [-0.4, -0.2) is 75.9 Å². The van der Waals surface area contributed by atoms with Crippen molar-refractivity contribution in [3.8, 4) is 5.75 Å². The molecule has 0 spiro atoms. The Balaban J connectivity index is 0.00000392. The lowest BCUT2D eigenvalue weighted by Gasteiger charge is -2.26. The molecule has 1 aromatic carbocycles. The largest absolute Gasteiger partial charge is 0.492 e. The van der Waals surface area contributed by atoms with Gasteiger partial charge >= 0.3 is 0 Å². The first-order valence-corrected chi connectivity index (χ1v) is 11.2. The number of rotatable bonds is 11. The van der Waals surface area contributed by atoms with Crippen molar-refractivity contribution in [1.82, 2.24) is 15.5 Å². The molecule has 0 radical (unpaired) electrons. The van der Waals surface area contributed by atoms with Crippen LogP contribution in [0, 0.1) is 0 Å². The van der Waals surface area contributed by atoms with Crippen molar-refractivity contribution in [2.75, 3.05) is 65.1 Å². The van der Waals surface area contributed by atoms with Crippen molar-refractivity contribution in [2.45, 2.75) is 19.4 Å². The van der Waals surface area contributed by atoms with Gasteiger partial charge in [-0.05, 0) is 42.5 Å². The Bertz CT molecular complexity index is 557. The van der Waals surface area contributed by atoms with Crippen LogP contribution in [0.1, 0.15) is 18.4 Å². The molecule has 1 heterocycles. The molecule has 1 saturated heterocycles. The summed E-state index contributed by atoms with van der Waals surface area (Å²) in [5, 5.41) is 6.73. The highest BCUT2D eigenvalue weighted by Crippen LogP contribution is 2.13. The van der Waals surface area contributed by atoms with Crippen LogP contribution in [-0.2, 0) is 11.3 Å². The first-order chi connectivity index (χ1) is 13.3. The molecule has 2 rings (SSSR count). The van der Waals surface area contributed by atoms with Gasteiger partial charge in [0.2, 0.25) is 0 Å². The maximum atomic E-state index is 5.93. The molecule has 2 N–H and O–H groups in total. The summed E-state index contributed by atoms with van der Waals surface area (Å²) in [6.45, 7) is 6.97. The number of morpholine rings is 1. The standard InChI is InChI=1S/C20H34N4O2S.HI/c1-21-20(22-8-3-4-15-27-2)23-17-18-6-5-7-19(16-18)26-14-11-24-9-12-25-13-10-24;/h5-7,16H,3-4,8-15,17H2,1-2H3,(H2,21,22,23);1H. The monoisotopic (exact) mass is 522 g/mol. The number of nitrogens with zero attached hydrogens (tertiary/aromatic N) is 2. The summed E-state index contributed by atoms with van der Waals surface area (Å²) in [6, 6.07) is 8.26. The number of benzene rings is 1. The highest BCUT2D eigenvalue weighted by Gasteiger charge is 2.09. The van der Waals surface area contributed by atoms with E-state index in [2.05, 4.69) is 38.9 Å². The number of aliphatic imine (C=N–C) groups is 1. The molecular formula is C20H35IN4O2S. The number of hydrogen-bond acceptors (Lipinski definition) is 5. The van der Waals surface area contributed by atoms with Crippen LogP contribution in [0.4, 0.5) is 0 Å². The number of hydrogen-bond donors (Lipinski definition) is 2. The quantitative estimate of drug-likeness (QED) is 0.202. The van der Waals surface area contributed by atoms with E-state index in [0.717, 1.165) is 64.1 Å². The summed E-state index contributed by atoms with van der Waals surface area (Å²) < 4.78 is 11.3. The molecule has 28 heavy (non-hydrogen) atoms. The Kier molecular flexibility index (Phi) is 14.6.